The van der Waals surface area contributed by atoms with Gasteiger partial charge in [-0.3, -0.25) is 9.88 Å². The predicted molar refractivity (Wildman–Crippen MR) is 36.8 cm³/mol. The number of nitrogens with one attached hydrogen (secondary N) is 1. The highest BCUT2D eigenvalue weighted by molar-refractivity contribution is 7.13. The molecule has 0 aromatic carbocycles. The molecule has 0 spiro atoms. The van der Waals surface area contributed by atoms with Crippen molar-refractivity contribution >= 4 is 15.4 Å². The van der Waals surface area contributed by atoms with E-state index in [0.29, 0.717) is 6.42 Å². The molecule has 0 aliphatic carbocycles. The second-order valence-corrected chi connectivity index (χ2v) is 2.47. The molecule has 0 bridgehead atoms. The molecule has 0 aromatic rings. The molecule has 52 valence electrons. The van der Waals surface area contributed by atoms with Crippen molar-refractivity contribution in [3.05, 3.63) is 0 Å². The molecule has 0 radical (unpaired) electrons. The predicted octanol–water partition coefficient (Wildman–Crippen LogP) is 0.0717. The zero-order chi connectivity index (χ0) is 6.69. The van der Waals surface area contributed by atoms with E-state index in [2.05, 4.69) is 14.5 Å². The SMILES string of the molecule is O=C1CC[C@@H](CNP)O1. The molecule has 0 saturated carbocycles. The number of carbonyl (C=O) groups excluding carboxylic acids is 1. The highest BCUT2D eigenvalue weighted by Gasteiger charge is 2.21. The van der Waals surface area contributed by atoms with E-state index in [9.17, 15) is 4.79 Å². The summed E-state index contributed by atoms with van der Waals surface area (Å²) >= 11 is 0. The van der Waals surface area contributed by atoms with Crippen molar-refractivity contribution in [1.29, 1.82) is 0 Å². The molecular weight excluding hydrogens is 137 g/mol. The minimum Gasteiger partial charge on any atom is -0.461 e. The van der Waals surface area contributed by atoms with Crippen molar-refractivity contribution in [3.8, 4) is 0 Å². The first-order chi connectivity index (χ1) is 4.33. The Labute approximate surface area is 56.4 Å². The fraction of sp³-hybridized carbons (Fsp3) is 0.800. The third kappa shape index (κ3) is 1.92. The molecule has 1 aliphatic heterocycles. The minimum absolute atomic E-state index is 0.0692. The molecule has 1 rings (SSSR count). The quantitative estimate of drug-likeness (QED) is 0.443. The van der Waals surface area contributed by atoms with Crippen LogP contribution in [0.3, 0.4) is 0 Å². The van der Waals surface area contributed by atoms with Gasteiger partial charge in [0.25, 0.3) is 0 Å². The van der Waals surface area contributed by atoms with Crippen LogP contribution in [0.5, 0.6) is 0 Å². The molecule has 1 unspecified atom stereocenters. The number of ether oxygens (including phenoxy) is 1. The Kier molecular flexibility index (Phi) is 2.43. The summed E-state index contributed by atoms with van der Waals surface area (Å²) in [4.78, 5) is 10.5. The molecule has 2 atom stereocenters. The maximum atomic E-state index is 10.5. The van der Waals surface area contributed by atoms with Crippen molar-refractivity contribution in [3.63, 3.8) is 0 Å². The number of hydrogen-bond donors (Lipinski definition) is 1. The van der Waals surface area contributed by atoms with Crippen LogP contribution in [0.4, 0.5) is 0 Å². The van der Waals surface area contributed by atoms with Crippen molar-refractivity contribution in [1.82, 2.24) is 5.09 Å². The van der Waals surface area contributed by atoms with E-state index in [0.717, 1.165) is 13.0 Å². The molecule has 1 fully saturated rings. The Morgan fingerprint density at radius 2 is 2.67 bits per heavy atom. The monoisotopic (exact) mass is 147 g/mol. The summed E-state index contributed by atoms with van der Waals surface area (Å²) in [6.07, 6.45) is 1.55. The van der Waals surface area contributed by atoms with Gasteiger partial charge < -0.3 is 4.74 Å². The van der Waals surface area contributed by atoms with Gasteiger partial charge in [-0.25, -0.2) is 0 Å². The lowest BCUT2D eigenvalue weighted by molar-refractivity contribution is -0.141. The van der Waals surface area contributed by atoms with Crippen molar-refractivity contribution < 1.29 is 9.53 Å². The molecule has 1 saturated heterocycles. The normalized spacial score (nSPS) is 26.3. The van der Waals surface area contributed by atoms with E-state index in [-0.39, 0.29) is 12.1 Å². The Balaban J connectivity index is 2.22. The third-order valence-electron chi connectivity index (χ3n) is 1.31. The maximum Gasteiger partial charge on any atom is 0.306 e. The summed E-state index contributed by atoms with van der Waals surface area (Å²) < 4.78 is 4.89. The summed E-state index contributed by atoms with van der Waals surface area (Å²) in [5.41, 5.74) is 0. The van der Waals surface area contributed by atoms with E-state index in [1.165, 1.54) is 0 Å². The first kappa shape index (κ1) is 6.97. The number of hydrogen-bond acceptors (Lipinski definition) is 3. The number of rotatable bonds is 2. The van der Waals surface area contributed by atoms with Gasteiger partial charge in [0, 0.05) is 13.0 Å². The zero-order valence-electron chi connectivity index (χ0n) is 5.09. The van der Waals surface area contributed by atoms with Gasteiger partial charge in [-0.2, -0.15) is 0 Å². The first-order valence-corrected chi connectivity index (χ1v) is 3.53. The summed E-state index contributed by atoms with van der Waals surface area (Å²) in [7, 11) is 2.38. The molecule has 1 aliphatic rings. The number of cyclic esters (lactones) is 1. The highest BCUT2D eigenvalue weighted by Crippen LogP contribution is 2.12. The zero-order valence-corrected chi connectivity index (χ0v) is 6.25. The van der Waals surface area contributed by atoms with Gasteiger partial charge in [-0.05, 0) is 6.42 Å². The molecular formula is C5H10NO2P. The fourth-order valence-electron chi connectivity index (χ4n) is 0.858. The van der Waals surface area contributed by atoms with Gasteiger partial charge in [-0.1, -0.05) is 9.39 Å². The van der Waals surface area contributed by atoms with Crippen molar-refractivity contribution in [2.24, 2.45) is 0 Å². The molecule has 1 N–H and O–H groups in total. The molecule has 3 nitrogen and oxygen atoms in total. The number of carbonyl (C=O) groups is 1. The second kappa shape index (κ2) is 3.14. The Morgan fingerprint density at radius 3 is 3.11 bits per heavy atom. The molecule has 4 heteroatoms. The van der Waals surface area contributed by atoms with Crippen LogP contribution < -0.4 is 5.09 Å². The van der Waals surface area contributed by atoms with E-state index in [1.54, 1.807) is 0 Å². The molecule has 0 amide bonds. The standard InChI is InChI=1S/C5H10NO2P/c7-5-2-1-4(8-5)3-6-9/h4,6H,1-3,9H2/t4-/m0/s1. The Bertz CT molecular complexity index is 118. The summed E-state index contributed by atoms with van der Waals surface area (Å²) in [5, 5.41) is 2.87. The Morgan fingerprint density at radius 1 is 1.89 bits per heavy atom. The summed E-state index contributed by atoms with van der Waals surface area (Å²) in [5.74, 6) is -0.0692. The fourth-order valence-corrected chi connectivity index (χ4v) is 1.12. The minimum atomic E-state index is -0.0692. The van der Waals surface area contributed by atoms with E-state index < -0.39 is 0 Å². The Hall–Kier alpha value is -0.140. The van der Waals surface area contributed by atoms with Gasteiger partial charge in [0.15, 0.2) is 0 Å². The molecule has 0 aromatic heterocycles. The van der Waals surface area contributed by atoms with Crippen LogP contribution in [-0.2, 0) is 9.53 Å². The molecule has 1 heterocycles. The smallest absolute Gasteiger partial charge is 0.306 e. The van der Waals surface area contributed by atoms with E-state index in [4.69, 9.17) is 4.74 Å². The van der Waals surface area contributed by atoms with Crippen LogP contribution in [0.2, 0.25) is 0 Å². The average molecular weight is 147 g/mol. The van der Waals surface area contributed by atoms with Gasteiger partial charge in [0.1, 0.15) is 6.10 Å². The lowest BCUT2D eigenvalue weighted by atomic mass is 10.2. The van der Waals surface area contributed by atoms with Gasteiger partial charge in [-0.15, -0.1) is 0 Å². The van der Waals surface area contributed by atoms with Crippen LogP contribution in [-0.4, -0.2) is 18.6 Å². The molecule has 9 heavy (non-hydrogen) atoms. The number of esters is 1. The third-order valence-corrected chi connectivity index (χ3v) is 1.55. The lowest BCUT2D eigenvalue weighted by Crippen LogP contribution is -2.19. The van der Waals surface area contributed by atoms with Crippen LogP contribution in [0, 0.1) is 0 Å². The van der Waals surface area contributed by atoms with E-state index in [1.807, 2.05) is 0 Å². The van der Waals surface area contributed by atoms with Crippen LogP contribution >= 0.6 is 9.39 Å². The topological polar surface area (TPSA) is 38.3 Å². The van der Waals surface area contributed by atoms with Crippen LogP contribution in [0.15, 0.2) is 0 Å². The van der Waals surface area contributed by atoms with Crippen LogP contribution in [0.25, 0.3) is 0 Å². The van der Waals surface area contributed by atoms with Crippen molar-refractivity contribution in [2.45, 2.75) is 18.9 Å². The van der Waals surface area contributed by atoms with Crippen LogP contribution in [0.1, 0.15) is 12.8 Å². The maximum absolute atomic E-state index is 10.5. The second-order valence-electron chi connectivity index (χ2n) is 2.06. The van der Waals surface area contributed by atoms with Crippen molar-refractivity contribution in [2.75, 3.05) is 6.54 Å². The largest absolute Gasteiger partial charge is 0.461 e. The van der Waals surface area contributed by atoms with Gasteiger partial charge >= 0.3 is 5.97 Å². The first-order valence-electron chi connectivity index (χ1n) is 2.96. The lowest BCUT2D eigenvalue weighted by Gasteiger charge is -2.05. The summed E-state index contributed by atoms with van der Waals surface area (Å²) in [6.45, 7) is 0.746. The average Bonchev–Trinajstić information content (AvgIpc) is 2.17. The highest BCUT2D eigenvalue weighted by atomic mass is 31.0. The van der Waals surface area contributed by atoms with E-state index >= 15 is 0 Å². The van der Waals surface area contributed by atoms with Gasteiger partial charge in [0.2, 0.25) is 0 Å². The van der Waals surface area contributed by atoms with Gasteiger partial charge in [0.05, 0.1) is 0 Å². The summed E-state index contributed by atoms with van der Waals surface area (Å²) in [6, 6.07) is 0.